The molecule has 0 atom stereocenters. The molecule has 0 aromatic heterocycles. The minimum atomic E-state index is -0.672. The highest BCUT2D eigenvalue weighted by Crippen LogP contribution is 2.14. The van der Waals surface area contributed by atoms with E-state index in [0.717, 1.165) is 25.7 Å². The number of esters is 1. The highest BCUT2D eigenvalue weighted by molar-refractivity contribution is 6.17. The Hall–Kier alpha value is -0.770. The molecule has 0 aromatic carbocycles. The summed E-state index contributed by atoms with van der Waals surface area (Å²) in [4.78, 5) is 21.5. The molecule has 0 fully saturated rings. The quantitative estimate of drug-likeness (QED) is 0.140. The van der Waals surface area contributed by atoms with Crippen LogP contribution in [0.5, 0.6) is 0 Å². The van der Waals surface area contributed by atoms with Gasteiger partial charge in [-0.15, -0.1) is 0 Å². The van der Waals surface area contributed by atoms with Crippen LogP contribution in [-0.4, -0.2) is 23.1 Å². The monoisotopic (exact) mass is 390 g/mol. The Labute approximate surface area is 165 Å². The fraction of sp³-hybridized carbons (Fsp3) is 0.905. The summed E-state index contributed by atoms with van der Waals surface area (Å²) in [6.07, 6.45) is 20.3. The second-order valence-corrected chi connectivity index (χ2v) is 7.39. The van der Waals surface area contributed by atoms with Crippen molar-refractivity contribution in [1.29, 1.82) is 0 Å². The molecule has 0 saturated carbocycles. The van der Waals surface area contributed by atoms with Gasteiger partial charge in [-0.2, -0.15) is 0 Å². The molecule has 26 heavy (non-hydrogen) atoms. The van der Waals surface area contributed by atoms with Crippen LogP contribution in [0.3, 0.4) is 0 Å². The van der Waals surface area contributed by atoms with E-state index in [0.29, 0.717) is 12.8 Å². The maximum absolute atomic E-state index is 11.1. The molecule has 5 heteroatoms. The van der Waals surface area contributed by atoms with Gasteiger partial charge in [0.25, 0.3) is 0 Å². The first-order chi connectivity index (χ1) is 12.7. The summed E-state index contributed by atoms with van der Waals surface area (Å²) in [5.74, 6) is -0.854. The Kier molecular flexibility index (Phi) is 19.9. The van der Waals surface area contributed by atoms with E-state index in [1.165, 1.54) is 77.0 Å². The molecule has 1 N–H and O–H groups in total. The van der Waals surface area contributed by atoms with Crippen molar-refractivity contribution in [2.45, 2.75) is 116 Å². The molecule has 0 saturated heterocycles. The third-order valence-electron chi connectivity index (χ3n) is 4.74. The van der Waals surface area contributed by atoms with Gasteiger partial charge in [0.2, 0.25) is 0 Å². The third-order valence-corrected chi connectivity index (χ3v) is 4.85. The number of hydrogen-bond acceptors (Lipinski definition) is 3. The van der Waals surface area contributed by atoms with Crippen LogP contribution in [0.15, 0.2) is 0 Å². The van der Waals surface area contributed by atoms with Gasteiger partial charge in [0, 0.05) is 12.8 Å². The van der Waals surface area contributed by atoms with Gasteiger partial charge in [-0.3, -0.25) is 9.59 Å². The van der Waals surface area contributed by atoms with Crippen molar-refractivity contribution in [3.8, 4) is 0 Å². The van der Waals surface area contributed by atoms with Crippen molar-refractivity contribution < 1.29 is 19.4 Å². The first kappa shape index (κ1) is 25.2. The molecular formula is C21H39ClO4. The zero-order valence-corrected chi connectivity index (χ0v) is 17.2. The molecule has 4 nitrogen and oxygen atoms in total. The van der Waals surface area contributed by atoms with Gasteiger partial charge in [0.05, 0.1) is 0 Å². The van der Waals surface area contributed by atoms with Gasteiger partial charge in [-0.05, 0) is 12.8 Å². The summed E-state index contributed by atoms with van der Waals surface area (Å²) < 4.78 is 4.69. The van der Waals surface area contributed by atoms with E-state index in [4.69, 9.17) is 16.7 Å². The Bertz CT molecular complexity index is 334. The standard InChI is InChI=1S/C21H39ClO4/c22-19-26-21(25)18-16-14-12-10-8-6-4-2-1-3-5-7-9-11-13-15-17-20(23)24/h1-19H2,(H,23,24). The average Bonchev–Trinajstić information content (AvgIpc) is 2.60. The summed E-state index contributed by atoms with van der Waals surface area (Å²) in [5.41, 5.74) is 0. The van der Waals surface area contributed by atoms with E-state index in [9.17, 15) is 9.59 Å². The number of carbonyl (C=O) groups is 2. The molecule has 0 radical (unpaired) electrons. The lowest BCUT2D eigenvalue weighted by Gasteiger charge is -2.04. The fourth-order valence-corrected chi connectivity index (χ4v) is 3.28. The number of unbranched alkanes of at least 4 members (excludes halogenated alkanes) is 15. The Morgan fingerprint density at radius 2 is 0.885 bits per heavy atom. The zero-order chi connectivity index (χ0) is 19.3. The molecule has 0 spiro atoms. The summed E-state index contributed by atoms with van der Waals surface area (Å²) in [7, 11) is 0. The summed E-state index contributed by atoms with van der Waals surface area (Å²) in [5, 5.41) is 8.55. The molecule has 0 heterocycles. The number of carbonyl (C=O) groups excluding carboxylic acids is 1. The fourth-order valence-electron chi connectivity index (χ4n) is 3.15. The SMILES string of the molecule is O=C(O)CCCCCCCCCCCCCCCCCCC(=O)OCCl. The molecule has 0 rings (SSSR count). The van der Waals surface area contributed by atoms with Crippen molar-refractivity contribution in [2.75, 3.05) is 6.07 Å². The first-order valence-electron chi connectivity index (χ1n) is 10.6. The predicted octanol–water partition coefficient (Wildman–Crippen LogP) is 6.83. The maximum atomic E-state index is 11.1. The van der Waals surface area contributed by atoms with E-state index in [-0.39, 0.29) is 12.0 Å². The lowest BCUT2D eigenvalue weighted by atomic mass is 10.0. The highest BCUT2D eigenvalue weighted by Gasteiger charge is 2.01. The lowest BCUT2D eigenvalue weighted by Crippen LogP contribution is -2.01. The minimum Gasteiger partial charge on any atom is -0.481 e. The number of ether oxygens (including phenoxy) is 1. The van der Waals surface area contributed by atoms with Crippen LogP contribution >= 0.6 is 11.6 Å². The molecule has 154 valence electrons. The van der Waals surface area contributed by atoms with Crippen LogP contribution in [-0.2, 0) is 14.3 Å². The summed E-state index contributed by atoms with van der Waals surface area (Å²) >= 11 is 5.33. The summed E-state index contributed by atoms with van der Waals surface area (Å²) in [6.45, 7) is 0. The van der Waals surface area contributed by atoms with Crippen molar-refractivity contribution in [3.05, 3.63) is 0 Å². The number of aliphatic carboxylic acids is 1. The first-order valence-corrected chi connectivity index (χ1v) is 11.1. The number of alkyl halides is 1. The molecule has 0 aliphatic heterocycles. The van der Waals surface area contributed by atoms with Gasteiger partial charge in [-0.25, -0.2) is 0 Å². The Balaban J connectivity index is 3.05. The van der Waals surface area contributed by atoms with E-state index < -0.39 is 5.97 Å². The van der Waals surface area contributed by atoms with Crippen LogP contribution in [0.2, 0.25) is 0 Å². The van der Waals surface area contributed by atoms with Crippen LogP contribution in [0.4, 0.5) is 0 Å². The Morgan fingerprint density at radius 1 is 0.577 bits per heavy atom. The second-order valence-electron chi connectivity index (χ2n) is 7.18. The van der Waals surface area contributed by atoms with E-state index >= 15 is 0 Å². The third kappa shape index (κ3) is 21.3. The van der Waals surface area contributed by atoms with Crippen molar-refractivity contribution >= 4 is 23.5 Å². The van der Waals surface area contributed by atoms with Crippen LogP contribution in [0.25, 0.3) is 0 Å². The maximum Gasteiger partial charge on any atom is 0.306 e. The normalized spacial score (nSPS) is 10.8. The van der Waals surface area contributed by atoms with Gasteiger partial charge in [0.15, 0.2) is 6.07 Å². The van der Waals surface area contributed by atoms with Crippen LogP contribution in [0.1, 0.15) is 116 Å². The van der Waals surface area contributed by atoms with E-state index in [2.05, 4.69) is 4.74 Å². The minimum absolute atomic E-state index is 0.0343. The number of rotatable bonds is 20. The largest absolute Gasteiger partial charge is 0.481 e. The number of carboxylic acids is 1. The lowest BCUT2D eigenvalue weighted by molar-refractivity contribution is -0.141. The zero-order valence-electron chi connectivity index (χ0n) is 16.5. The topological polar surface area (TPSA) is 63.6 Å². The van der Waals surface area contributed by atoms with Crippen LogP contribution < -0.4 is 0 Å². The van der Waals surface area contributed by atoms with E-state index in [1.807, 2.05) is 0 Å². The van der Waals surface area contributed by atoms with Crippen LogP contribution in [0, 0.1) is 0 Å². The van der Waals surface area contributed by atoms with E-state index in [1.54, 1.807) is 0 Å². The van der Waals surface area contributed by atoms with Crippen molar-refractivity contribution in [2.24, 2.45) is 0 Å². The Morgan fingerprint density at radius 3 is 1.19 bits per heavy atom. The predicted molar refractivity (Wildman–Crippen MR) is 108 cm³/mol. The molecule has 0 aliphatic rings. The molecule has 0 amide bonds. The van der Waals surface area contributed by atoms with Crippen molar-refractivity contribution in [3.63, 3.8) is 0 Å². The number of halogens is 1. The number of carboxylic acid groups (broad SMARTS) is 1. The molecule has 0 unspecified atom stereocenters. The second kappa shape index (κ2) is 20.5. The van der Waals surface area contributed by atoms with Gasteiger partial charge < -0.3 is 9.84 Å². The van der Waals surface area contributed by atoms with Gasteiger partial charge >= 0.3 is 11.9 Å². The van der Waals surface area contributed by atoms with Gasteiger partial charge in [0.1, 0.15) is 0 Å². The highest BCUT2D eigenvalue weighted by atomic mass is 35.5. The van der Waals surface area contributed by atoms with Gasteiger partial charge in [-0.1, -0.05) is 101 Å². The van der Waals surface area contributed by atoms with Crippen molar-refractivity contribution in [1.82, 2.24) is 0 Å². The molecular weight excluding hydrogens is 352 g/mol. The molecule has 0 bridgehead atoms. The molecule has 0 aliphatic carbocycles. The smallest absolute Gasteiger partial charge is 0.306 e. The average molecular weight is 391 g/mol. The molecule has 0 aromatic rings. The number of hydrogen-bond donors (Lipinski definition) is 1. The summed E-state index contributed by atoms with van der Waals surface area (Å²) in [6, 6.07) is -0.0343.